The van der Waals surface area contributed by atoms with Crippen LogP contribution in [-0.4, -0.2) is 53.2 Å². The van der Waals surface area contributed by atoms with E-state index in [0.717, 1.165) is 0 Å². The van der Waals surface area contributed by atoms with E-state index in [9.17, 15) is 4.39 Å². The lowest BCUT2D eigenvalue weighted by Crippen LogP contribution is -2.47. The number of piperazine rings is 1. The van der Waals surface area contributed by atoms with Gasteiger partial charge >= 0.3 is 0 Å². The number of hydrogen-bond donors (Lipinski definition) is 0. The lowest BCUT2D eigenvalue weighted by molar-refractivity contribution is 0.396. The summed E-state index contributed by atoms with van der Waals surface area (Å²) in [4.78, 5) is 21.3. The Morgan fingerprint density at radius 3 is 2.60 bits per heavy atom. The Bertz CT molecular complexity index is 892. The van der Waals surface area contributed by atoms with Gasteiger partial charge in [-0.2, -0.15) is 4.98 Å². The quantitative estimate of drug-likeness (QED) is 0.721. The summed E-state index contributed by atoms with van der Waals surface area (Å²) in [6.07, 6.45) is 3.16. The zero-order valence-electron chi connectivity index (χ0n) is 13.8. The number of hydrogen-bond acceptors (Lipinski definition) is 7. The Morgan fingerprint density at radius 2 is 1.80 bits per heavy atom. The van der Waals surface area contributed by atoms with Crippen molar-refractivity contribution >= 4 is 22.7 Å². The van der Waals surface area contributed by atoms with Crippen LogP contribution in [0.4, 0.5) is 16.2 Å². The molecule has 1 saturated heterocycles. The van der Waals surface area contributed by atoms with E-state index in [1.165, 1.54) is 12.4 Å². The molecule has 2 aromatic heterocycles. The van der Waals surface area contributed by atoms with Gasteiger partial charge < -0.3 is 14.5 Å². The van der Waals surface area contributed by atoms with Gasteiger partial charge in [0.05, 0.1) is 18.0 Å². The standard InChI is InChI=1S/C17H17FN6O/c1-25-14-5-6-19-17(22-14)24-9-7-23(8-10-24)16-15-12(18)3-2-4-13(15)20-11-21-16/h2-6,11H,7-10H2,1H3. The minimum Gasteiger partial charge on any atom is -0.481 e. The molecule has 1 fully saturated rings. The van der Waals surface area contributed by atoms with E-state index >= 15 is 0 Å². The molecule has 0 N–H and O–H groups in total. The number of nitrogens with zero attached hydrogens (tertiary/aromatic N) is 6. The van der Waals surface area contributed by atoms with E-state index in [4.69, 9.17) is 4.74 Å². The van der Waals surface area contributed by atoms with E-state index in [0.29, 0.717) is 54.7 Å². The Kier molecular flexibility index (Phi) is 4.01. The number of anilines is 2. The van der Waals surface area contributed by atoms with Gasteiger partial charge in [0.2, 0.25) is 11.8 Å². The lowest BCUT2D eigenvalue weighted by atomic mass is 10.2. The summed E-state index contributed by atoms with van der Waals surface area (Å²) in [5, 5.41) is 0.469. The first-order valence-electron chi connectivity index (χ1n) is 8.02. The van der Waals surface area contributed by atoms with Gasteiger partial charge in [0, 0.05) is 38.4 Å². The summed E-state index contributed by atoms with van der Waals surface area (Å²) in [6, 6.07) is 6.61. The SMILES string of the molecule is COc1ccnc(N2CCN(c3ncnc4cccc(F)c34)CC2)n1. The second kappa shape index (κ2) is 6.46. The maximum Gasteiger partial charge on any atom is 0.228 e. The van der Waals surface area contributed by atoms with Gasteiger partial charge in [0.15, 0.2) is 0 Å². The predicted molar refractivity (Wildman–Crippen MR) is 92.5 cm³/mol. The summed E-state index contributed by atoms with van der Waals surface area (Å²) in [6.45, 7) is 2.82. The molecule has 0 spiro atoms. The third-order valence-corrected chi connectivity index (χ3v) is 4.28. The molecule has 7 nitrogen and oxygen atoms in total. The summed E-state index contributed by atoms with van der Waals surface area (Å²) >= 11 is 0. The van der Waals surface area contributed by atoms with Crippen molar-refractivity contribution in [3.8, 4) is 5.88 Å². The van der Waals surface area contributed by atoms with Crippen LogP contribution in [-0.2, 0) is 0 Å². The highest BCUT2D eigenvalue weighted by atomic mass is 19.1. The van der Waals surface area contributed by atoms with Crippen LogP contribution in [0.5, 0.6) is 5.88 Å². The summed E-state index contributed by atoms with van der Waals surface area (Å²) in [5.41, 5.74) is 0.614. The van der Waals surface area contributed by atoms with Crippen molar-refractivity contribution in [2.24, 2.45) is 0 Å². The summed E-state index contributed by atoms with van der Waals surface area (Å²) in [7, 11) is 1.58. The molecule has 0 atom stereocenters. The van der Waals surface area contributed by atoms with Crippen LogP contribution >= 0.6 is 0 Å². The zero-order valence-corrected chi connectivity index (χ0v) is 13.8. The molecule has 3 heterocycles. The van der Waals surface area contributed by atoms with Gasteiger partial charge in [-0.3, -0.25) is 0 Å². The first-order valence-corrected chi connectivity index (χ1v) is 8.02. The molecule has 1 aromatic carbocycles. The minimum atomic E-state index is -0.299. The maximum atomic E-state index is 14.3. The number of ether oxygens (including phenoxy) is 1. The van der Waals surface area contributed by atoms with Crippen LogP contribution in [0, 0.1) is 5.82 Å². The van der Waals surface area contributed by atoms with Crippen LogP contribution < -0.4 is 14.5 Å². The zero-order chi connectivity index (χ0) is 17.2. The molecule has 1 aliphatic rings. The van der Waals surface area contributed by atoms with Crippen LogP contribution in [0.15, 0.2) is 36.8 Å². The molecule has 0 aliphatic carbocycles. The number of rotatable bonds is 3. The molecule has 0 radical (unpaired) electrons. The normalized spacial score (nSPS) is 14.8. The molecular weight excluding hydrogens is 323 g/mol. The summed E-state index contributed by atoms with van der Waals surface area (Å²) < 4.78 is 19.4. The molecule has 1 aliphatic heterocycles. The van der Waals surface area contributed by atoms with Crippen LogP contribution in [0.25, 0.3) is 10.9 Å². The number of aromatic nitrogens is 4. The number of fused-ring (bicyclic) bond motifs is 1. The van der Waals surface area contributed by atoms with E-state index in [2.05, 4.69) is 29.7 Å². The second-order valence-corrected chi connectivity index (χ2v) is 5.70. The monoisotopic (exact) mass is 340 g/mol. The number of benzene rings is 1. The topological polar surface area (TPSA) is 67.3 Å². The van der Waals surface area contributed by atoms with E-state index in [1.807, 2.05) is 0 Å². The fraction of sp³-hybridized carbons (Fsp3) is 0.294. The second-order valence-electron chi connectivity index (χ2n) is 5.70. The van der Waals surface area contributed by atoms with Crippen molar-refractivity contribution in [2.45, 2.75) is 0 Å². The third-order valence-electron chi connectivity index (χ3n) is 4.28. The van der Waals surface area contributed by atoms with Gasteiger partial charge in [0.1, 0.15) is 18.0 Å². The summed E-state index contributed by atoms with van der Waals surface area (Å²) in [5.74, 6) is 1.51. The first-order chi connectivity index (χ1) is 12.3. The molecule has 0 amide bonds. The average molecular weight is 340 g/mol. The third kappa shape index (κ3) is 2.90. The van der Waals surface area contributed by atoms with Crippen molar-refractivity contribution in [3.63, 3.8) is 0 Å². The molecule has 0 bridgehead atoms. The molecule has 25 heavy (non-hydrogen) atoms. The molecule has 0 unspecified atom stereocenters. The number of methoxy groups -OCH3 is 1. The van der Waals surface area contributed by atoms with Crippen LogP contribution in [0.1, 0.15) is 0 Å². The lowest BCUT2D eigenvalue weighted by Gasteiger charge is -2.35. The average Bonchev–Trinajstić information content (AvgIpc) is 2.68. The first kappa shape index (κ1) is 15.5. The highest BCUT2D eigenvalue weighted by Crippen LogP contribution is 2.27. The Morgan fingerprint density at radius 1 is 1.00 bits per heavy atom. The molecule has 3 aromatic rings. The van der Waals surface area contributed by atoms with Gasteiger partial charge in [-0.1, -0.05) is 6.07 Å². The molecule has 8 heteroatoms. The van der Waals surface area contributed by atoms with Crippen molar-refractivity contribution < 1.29 is 9.13 Å². The number of halogens is 1. The highest BCUT2D eigenvalue weighted by Gasteiger charge is 2.22. The molecular formula is C17H17FN6O. The van der Waals surface area contributed by atoms with E-state index in [1.54, 1.807) is 31.5 Å². The molecule has 128 valence electrons. The Hall–Kier alpha value is -3.03. The van der Waals surface area contributed by atoms with Gasteiger partial charge in [-0.05, 0) is 12.1 Å². The Labute approximate surface area is 144 Å². The maximum absolute atomic E-state index is 14.3. The van der Waals surface area contributed by atoms with Crippen molar-refractivity contribution in [3.05, 3.63) is 42.6 Å². The smallest absolute Gasteiger partial charge is 0.228 e. The fourth-order valence-electron chi connectivity index (χ4n) is 3.01. The van der Waals surface area contributed by atoms with E-state index in [-0.39, 0.29) is 5.82 Å². The Balaban J connectivity index is 1.56. The van der Waals surface area contributed by atoms with Gasteiger partial charge in [-0.15, -0.1) is 0 Å². The van der Waals surface area contributed by atoms with Gasteiger partial charge in [0.25, 0.3) is 0 Å². The van der Waals surface area contributed by atoms with Crippen molar-refractivity contribution in [1.82, 2.24) is 19.9 Å². The van der Waals surface area contributed by atoms with Gasteiger partial charge in [-0.25, -0.2) is 19.3 Å². The molecule has 4 rings (SSSR count). The van der Waals surface area contributed by atoms with E-state index < -0.39 is 0 Å². The fourth-order valence-corrected chi connectivity index (χ4v) is 3.01. The highest BCUT2D eigenvalue weighted by molar-refractivity contribution is 5.89. The minimum absolute atomic E-state index is 0.299. The predicted octanol–water partition coefficient (Wildman–Crippen LogP) is 1.89. The van der Waals surface area contributed by atoms with Crippen molar-refractivity contribution in [2.75, 3.05) is 43.1 Å². The van der Waals surface area contributed by atoms with Crippen LogP contribution in [0.2, 0.25) is 0 Å². The largest absolute Gasteiger partial charge is 0.481 e. The van der Waals surface area contributed by atoms with Crippen LogP contribution in [0.3, 0.4) is 0 Å². The molecule has 0 saturated carbocycles. The van der Waals surface area contributed by atoms with Crippen molar-refractivity contribution in [1.29, 1.82) is 0 Å².